The monoisotopic (exact) mass is 519 g/mol. The largest absolute Gasteiger partial charge is 0.481 e. The zero-order chi connectivity index (χ0) is 25.1. The van der Waals surface area contributed by atoms with Crippen LogP contribution in [0.4, 0.5) is 33.2 Å². The number of thioether (sulfide) groups is 1. The number of nitrogens with one attached hydrogen (secondary N) is 1. The highest BCUT2D eigenvalue weighted by molar-refractivity contribution is 8.01. The Hall–Kier alpha value is -2.34. The van der Waals surface area contributed by atoms with Gasteiger partial charge in [-0.25, -0.2) is 14.2 Å². The van der Waals surface area contributed by atoms with Gasteiger partial charge in [0.25, 0.3) is 0 Å². The number of hydrogen-bond acceptors (Lipinski definition) is 5. The van der Waals surface area contributed by atoms with Gasteiger partial charge in [0.15, 0.2) is 5.13 Å². The number of urea groups is 1. The highest BCUT2D eigenvalue weighted by atomic mass is 32.2. The molecule has 1 aromatic heterocycles. The predicted molar refractivity (Wildman–Crippen MR) is 124 cm³/mol. The van der Waals surface area contributed by atoms with Crippen molar-refractivity contribution in [3.8, 4) is 0 Å². The van der Waals surface area contributed by atoms with Gasteiger partial charge >= 0.3 is 18.2 Å². The molecule has 1 aliphatic carbocycles. The molecule has 1 aromatic carbocycles. The number of aliphatic carboxylic acids is 1. The number of thiazole rings is 1. The van der Waals surface area contributed by atoms with Crippen LogP contribution >= 0.6 is 23.1 Å². The summed E-state index contributed by atoms with van der Waals surface area (Å²) in [5.41, 5.74) is -2.44. The summed E-state index contributed by atoms with van der Waals surface area (Å²) in [7, 11) is 0. The van der Waals surface area contributed by atoms with Crippen molar-refractivity contribution in [3.63, 3.8) is 0 Å². The third kappa shape index (κ3) is 6.62. The lowest BCUT2D eigenvalue weighted by atomic mass is 9.97. The number of alkyl halides is 3. The molecule has 0 spiro atoms. The second-order valence-electron chi connectivity index (χ2n) is 8.82. The lowest BCUT2D eigenvalue weighted by Crippen LogP contribution is -2.39. The third-order valence-electron chi connectivity index (χ3n) is 5.58. The second-order valence-corrected chi connectivity index (χ2v) is 11.1. The normalized spacial score (nSPS) is 14.9. The average Bonchev–Trinajstić information content (AvgIpc) is 3.42. The van der Waals surface area contributed by atoms with Crippen molar-refractivity contribution in [3.05, 3.63) is 35.8 Å². The van der Waals surface area contributed by atoms with Crippen LogP contribution in [0.5, 0.6) is 0 Å². The number of anilines is 2. The maximum absolute atomic E-state index is 14.6. The van der Waals surface area contributed by atoms with Crippen molar-refractivity contribution in [1.82, 2.24) is 4.98 Å². The number of benzene rings is 1. The van der Waals surface area contributed by atoms with Crippen LogP contribution in [0.15, 0.2) is 28.6 Å². The fourth-order valence-corrected chi connectivity index (χ4v) is 5.44. The SMILES string of the molecule is CC(C)(CSc1cnc(NC(=O)N(CC2CCCC2)c2cc(C(F)(F)F)ccc2F)s1)C(=O)O. The van der Waals surface area contributed by atoms with Crippen molar-refractivity contribution >= 4 is 45.9 Å². The first-order chi connectivity index (χ1) is 15.9. The fourth-order valence-electron chi connectivity index (χ4n) is 3.49. The van der Waals surface area contributed by atoms with E-state index in [1.165, 1.54) is 18.0 Å². The predicted octanol–water partition coefficient (Wildman–Crippen LogP) is 6.73. The molecule has 1 aliphatic rings. The smallest absolute Gasteiger partial charge is 0.416 e. The van der Waals surface area contributed by atoms with Gasteiger partial charge in [0.05, 0.1) is 27.1 Å². The Morgan fingerprint density at radius 2 is 1.94 bits per heavy atom. The molecule has 0 bridgehead atoms. The highest BCUT2D eigenvalue weighted by Crippen LogP contribution is 2.36. The van der Waals surface area contributed by atoms with E-state index in [2.05, 4.69) is 10.3 Å². The fraction of sp³-hybridized carbons (Fsp3) is 0.500. The van der Waals surface area contributed by atoms with Gasteiger partial charge in [-0.1, -0.05) is 24.2 Å². The lowest BCUT2D eigenvalue weighted by Gasteiger charge is -2.26. The number of nitrogens with zero attached hydrogens (tertiary/aromatic N) is 2. The maximum Gasteiger partial charge on any atom is 0.416 e. The molecule has 34 heavy (non-hydrogen) atoms. The van der Waals surface area contributed by atoms with Crippen LogP contribution in [0.1, 0.15) is 45.1 Å². The second kappa shape index (κ2) is 10.5. The first-order valence-electron chi connectivity index (χ1n) is 10.6. The number of rotatable bonds is 8. The van der Waals surface area contributed by atoms with Gasteiger partial charge in [-0.05, 0) is 50.8 Å². The molecular formula is C22H25F4N3O3S2. The van der Waals surface area contributed by atoms with Gasteiger partial charge in [-0.3, -0.25) is 15.0 Å². The van der Waals surface area contributed by atoms with E-state index >= 15 is 0 Å². The summed E-state index contributed by atoms with van der Waals surface area (Å²) >= 11 is 2.37. The van der Waals surface area contributed by atoms with E-state index < -0.39 is 40.7 Å². The topological polar surface area (TPSA) is 82.5 Å². The van der Waals surface area contributed by atoms with Crippen LogP contribution in [-0.2, 0) is 11.0 Å². The van der Waals surface area contributed by atoms with E-state index in [4.69, 9.17) is 0 Å². The van der Waals surface area contributed by atoms with Crippen LogP contribution in [-0.4, -0.2) is 34.4 Å². The summed E-state index contributed by atoms with van der Waals surface area (Å²) in [6.45, 7) is 3.27. The molecule has 186 valence electrons. The number of aromatic nitrogens is 1. The quantitative estimate of drug-likeness (QED) is 0.298. The van der Waals surface area contributed by atoms with Crippen LogP contribution in [0.2, 0.25) is 0 Å². The Balaban J connectivity index is 1.79. The molecule has 0 aliphatic heterocycles. The summed E-state index contributed by atoms with van der Waals surface area (Å²) in [6.07, 6.45) is 0.317. The molecular weight excluding hydrogens is 494 g/mol. The molecule has 2 aromatic rings. The first-order valence-corrected chi connectivity index (χ1v) is 12.4. The summed E-state index contributed by atoms with van der Waals surface area (Å²) < 4.78 is 55.0. The zero-order valence-electron chi connectivity index (χ0n) is 18.6. The molecule has 1 saturated carbocycles. The summed E-state index contributed by atoms with van der Waals surface area (Å²) in [5.74, 6) is -1.53. The number of amides is 2. The Morgan fingerprint density at radius 3 is 2.56 bits per heavy atom. The lowest BCUT2D eigenvalue weighted by molar-refractivity contribution is -0.145. The molecule has 0 saturated heterocycles. The Labute approximate surface area is 202 Å². The molecule has 12 heteroatoms. The number of carboxylic acid groups (broad SMARTS) is 1. The van der Waals surface area contributed by atoms with Gasteiger partial charge in [0.1, 0.15) is 5.82 Å². The first kappa shape index (κ1) is 26.3. The van der Waals surface area contributed by atoms with E-state index in [1.807, 2.05) is 0 Å². The van der Waals surface area contributed by atoms with Crippen molar-refractivity contribution in [2.45, 2.75) is 49.9 Å². The van der Waals surface area contributed by atoms with Gasteiger partial charge in [-0.2, -0.15) is 13.2 Å². The van der Waals surface area contributed by atoms with Crippen LogP contribution < -0.4 is 10.2 Å². The maximum atomic E-state index is 14.6. The number of carbonyl (C=O) groups excluding carboxylic acids is 1. The minimum Gasteiger partial charge on any atom is -0.481 e. The Morgan fingerprint density at radius 1 is 1.26 bits per heavy atom. The molecule has 2 amide bonds. The minimum absolute atomic E-state index is 0.0559. The van der Waals surface area contributed by atoms with E-state index in [1.54, 1.807) is 13.8 Å². The zero-order valence-corrected chi connectivity index (χ0v) is 20.2. The summed E-state index contributed by atoms with van der Waals surface area (Å²) in [4.78, 5) is 29.5. The summed E-state index contributed by atoms with van der Waals surface area (Å²) in [5, 5.41) is 12.0. The molecule has 1 fully saturated rings. The van der Waals surface area contributed by atoms with Gasteiger partial charge < -0.3 is 5.11 Å². The molecule has 0 atom stereocenters. The molecule has 0 unspecified atom stereocenters. The summed E-state index contributed by atoms with van der Waals surface area (Å²) in [6, 6.07) is 1.24. The van der Waals surface area contributed by atoms with Crippen molar-refractivity contribution in [2.75, 3.05) is 22.5 Å². The molecule has 0 radical (unpaired) electrons. The van der Waals surface area contributed by atoms with Crippen LogP contribution in [0, 0.1) is 17.2 Å². The standard InChI is InChI=1S/C22H25F4N3O3S2/c1-21(2,18(30)31)12-33-17-10-27-19(34-17)28-20(32)29(11-13-5-3-4-6-13)16-9-14(22(24,25)26)7-8-15(16)23/h7-10,13H,3-6,11-12H2,1-2H3,(H,30,31)(H,27,28,32). The van der Waals surface area contributed by atoms with Crippen LogP contribution in [0.3, 0.4) is 0 Å². The number of hydrogen-bond donors (Lipinski definition) is 2. The van der Waals surface area contributed by atoms with Crippen molar-refractivity contribution in [2.24, 2.45) is 11.3 Å². The molecule has 2 N–H and O–H groups in total. The van der Waals surface area contributed by atoms with Gasteiger partial charge in [-0.15, -0.1) is 11.8 Å². The average molecular weight is 520 g/mol. The van der Waals surface area contributed by atoms with Gasteiger partial charge in [0.2, 0.25) is 0 Å². The Kier molecular flexibility index (Phi) is 8.12. The number of carboxylic acids is 1. The molecule has 1 heterocycles. The number of carbonyl (C=O) groups is 2. The van der Waals surface area contributed by atoms with Crippen molar-refractivity contribution < 1.29 is 32.3 Å². The van der Waals surface area contributed by atoms with E-state index in [-0.39, 0.29) is 23.3 Å². The van der Waals surface area contributed by atoms with Gasteiger partial charge in [0, 0.05) is 12.3 Å². The van der Waals surface area contributed by atoms with Crippen LogP contribution in [0.25, 0.3) is 0 Å². The Bertz CT molecular complexity index is 1040. The molecule has 3 rings (SSSR count). The van der Waals surface area contributed by atoms with E-state index in [0.29, 0.717) is 16.3 Å². The van der Waals surface area contributed by atoms with E-state index in [0.717, 1.165) is 48.0 Å². The number of halogens is 4. The minimum atomic E-state index is -4.68. The van der Waals surface area contributed by atoms with Crippen molar-refractivity contribution in [1.29, 1.82) is 0 Å². The van der Waals surface area contributed by atoms with E-state index in [9.17, 15) is 32.3 Å². The molecule has 6 nitrogen and oxygen atoms in total. The third-order valence-corrected chi connectivity index (χ3v) is 8.14. The highest BCUT2D eigenvalue weighted by Gasteiger charge is 2.33.